The first-order valence-electron chi connectivity index (χ1n) is 13.0. The van der Waals surface area contributed by atoms with Crippen LogP contribution in [0.25, 0.3) is 42.9 Å². The average molecular weight is 511 g/mol. The molecule has 0 amide bonds. The smallest absolute Gasteiger partial charge is 0.200 e. The van der Waals surface area contributed by atoms with Crippen LogP contribution in [0.2, 0.25) is 0 Å². The molecule has 3 aromatic carbocycles. The van der Waals surface area contributed by atoms with Crippen molar-refractivity contribution in [3.63, 3.8) is 0 Å². The zero-order valence-corrected chi connectivity index (χ0v) is 24.4. The highest BCUT2D eigenvalue weighted by atomic mass is 32.2. The van der Waals surface area contributed by atoms with Gasteiger partial charge in [-0.2, -0.15) is 0 Å². The van der Waals surface area contributed by atoms with Crippen molar-refractivity contribution in [3.8, 4) is 11.3 Å². The van der Waals surface area contributed by atoms with Crippen molar-refractivity contribution in [1.82, 2.24) is 0 Å². The highest BCUT2D eigenvalue weighted by molar-refractivity contribution is 8.00. The number of benzene rings is 3. The van der Waals surface area contributed by atoms with Crippen LogP contribution in [0.5, 0.6) is 0 Å². The summed E-state index contributed by atoms with van der Waals surface area (Å²) in [5, 5.41) is 7.01. The van der Waals surface area contributed by atoms with E-state index in [1.54, 1.807) is 4.88 Å². The van der Waals surface area contributed by atoms with Crippen LogP contribution in [-0.4, -0.2) is 0 Å². The van der Waals surface area contributed by atoms with Crippen LogP contribution in [0, 0.1) is 17.8 Å². The normalized spacial score (nSPS) is 13.7. The summed E-state index contributed by atoms with van der Waals surface area (Å²) in [5.74, 6) is 0. The number of hydrogen-bond donors (Lipinski definition) is 0. The Morgan fingerprint density at radius 3 is 2.22 bits per heavy atom. The quantitative estimate of drug-likeness (QED) is 0.166. The molecule has 0 fully saturated rings. The summed E-state index contributed by atoms with van der Waals surface area (Å²) < 4.78 is 3.80. The zero-order valence-electron chi connectivity index (χ0n) is 22.8. The number of aromatic nitrogens is 1. The Balaban J connectivity index is 1.79. The molecular formula is C33H36NS2+. The number of rotatable bonds is 2. The molecular weight excluding hydrogens is 475 g/mol. The van der Waals surface area contributed by atoms with E-state index in [9.17, 15) is 0 Å². The van der Waals surface area contributed by atoms with Gasteiger partial charge in [0.25, 0.3) is 0 Å². The lowest BCUT2D eigenvalue weighted by Gasteiger charge is -2.28. The second-order valence-corrected chi connectivity index (χ2v) is 15.1. The van der Waals surface area contributed by atoms with Crippen molar-refractivity contribution < 1.29 is 4.57 Å². The van der Waals surface area contributed by atoms with Crippen LogP contribution in [0.4, 0.5) is 0 Å². The maximum atomic E-state index is 2.40. The van der Waals surface area contributed by atoms with Gasteiger partial charge in [0.15, 0.2) is 6.20 Å². The van der Waals surface area contributed by atoms with E-state index in [0.717, 1.165) is 12.8 Å². The molecule has 0 unspecified atom stereocenters. The highest BCUT2D eigenvalue weighted by Gasteiger charge is 2.35. The maximum absolute atomic E-state index is 2.40. The van der Waals surface area contributed by atoms with Crippen molar-refractivity contribution >= 4 is 54.7 Å². The number of thiophene rings is 1. The summed E-state index contributed by atoms with van der Waals surface area (Å²) in [7, 11) is 2.23. The number of pyridine rings is 1. The van der Waals surface area contributed by atoms with E-state index < -0.39 is 0 Å². The third-order valence-corrected chi connectivity index (χ3v) is 9.94. The van der Waals surface area contributed by atoms with E-state index in [1.165, 1.54) is 63.8 Å². The number of aryl methyl sites for hydroxylation is 2. The molecule has 0 bridgehead atoms. The second-order valence-electron chi connectivity index (χ2n) is 13.0. The van der Waals surface area contributed by atoms with Gasteiger partial charge in [0.05, 0.1) is 10.9 Å². The molecule has 0 saturated carbocycles. The van der Waals surface area contributed by atoms with Crippen LogP contribution < -0.4 is 4.57 Å². The van der Waals surface area contributed by atoms with E-state index >= 15 is 0 Å². The Hall–Kier alpha value is -2.36. The Morgan fingerprint density at radius 1 is 0.778 bits per heavy atom. The van der Waals surface area contributed by atoms with Crippen LogP contribution >= 0.6 is 23.1 Å². The third-order valence-electron chi connectivity index (χ3n) is 7.34. The second kappa shape index (κ2) is 8.07. The van der Waals surface area contributed by atoms with E-state index in [-0.39, 0.29) is 10.8 Å². The van der Waals surface area contributed by atoms with Gasteiger partial charge in [0, 0.05) is 25.4 Å². The van der Waals surface area contributed by atoms with Gasteiger partial charge in [-0.05, 0) is 63.3 Å². The third kappa shape index (κ3) is 3.78. The van der Waals surface area contributed by atoms with Crippen LogP contribution in [0.15, 0.2) is 58.5 Å². The first kappa shape index (κ1) is 24.0. The number of nitrogens with zero attached hydrogens (tertiary/aromatic N) is 1. The van der Waals surface area contributed by atoms with Gasteiger partial charge in [0.2, 0.25) is 5.69 Å². The minimum Gasteiger partial charge on any atom is -0.200 e. The van der Waals surface area contributed by atoms with Crippen molar-refractivity contribution in [1.29, 1.82) is 0 Å². The Labute approximate surface area is 223 Å². The van der Waals surface area contributed by atoms with Gasteiger partial charge < -0.3 is 0 Å². The van der Waals surface area contributed by atoms with Gasteiger partial charge in [-0.1, -0.05) is 89.7 Å². The first-order valence-corrected chi connectivity index (χ1v) is 14.7. The summed E-state index contributed by atoms with van der Waals surface area (Å²) >= 11 is 4.06. The van der Waals surface area contributed by atoms with Gasteiger partial charge in [-0.25, -0.2) is 4.57 Å². The van der Waals surface area contributed by atoms with E-state index in [4.69, 9.17) is 0 Å². The fourth-order valence-corrected chi connectivity index (χ4v) is 9.03. The molecule has 0 atom stereocenters. The predicted molar refractivity (Wildman–Crippen MR) is 159 cm³/mol. The molecule has 6 rings (SSSR count). The first-order chi connectivity index (χ1) is 16.9. The molecule has 0 saturated heterocycles. The average Bonchev–Trinajstić information content (AvgIpc) is 3.13. The molecule has 1 nitrogen and oxygen atoms in total. The number of fused-ring (bicyclic) bond motifs is 5. The van der Waals surface area contributed by atoms with Crippen molar-refractivity contribution in [2.75, 3.05) is 0 Å². The molecule has 0 aliphatic carbocycles. The molecule has 3 heteroatoms. The van der Waals surface area contributed by atoms with Crippen molar-refractivity contribution in [2.45, 2.75) is 71.1 Å². The van der Waals surface area contributed by atoms with Gasteiger partial charge in [0.1, 0.15) is 7.05 Å². The predicted octanol–water partition coefficient (Wildman–Crippen LogP) is 9.65. The van der Waals surface area contributed by atoms with E-state index in [2.05, 4.69) is 121 Å². The molecule has 1 aliphatic heterocycles. The van der Waals surface area contributed by atoms with Crippen LogP contribution in [0.3, 0.4) is 0 Å². The lowest BCUT2D eigenvalue weighted by atomic mass is 9.82. The molecule has 0 N–H and O–H groups in total. The molecule has 36 heavy (non-hydrogen) atoms. The summed E-state index contributed by atoms with van der Waals surface area (Å²) in [6.07, 6.45) is 4.44. The summed E-state index contributed by atoms with van der Waals surface area (Å²) in [6.45, 7) is 16.6. The van der Waals surface area contributed by atoms with Crippen LogP contribution in [-0.2, 0) is 19.9 Å². The zero-order chi connectivity index (χ0) is 25.6. The topological polar surface area (TPSA) is 3.88 Å². The molecule has 0 spiro atoms. The lowest BCUT2D eigenvalue weighted by molar-refractivity contribution is -0.659. The SMILES string of the molecule is Cc1c2c(c(CC(C)(C)C)c3ccc4ccccc4c13)Sc1c(CC(C)(C)C)sc3cc[n+](C)c-2c13. The highest BCUT2D eigenvalue weighted by Crippen LogP contribution is 2.56. The van der Waals surface area contributed by atoms with Gasteiger partial charge in [-0.15, -0.1) is 11.3 Å². The van der Waals surface area contributed by atoms with E-state index in [0.29, 0.717) is 0 Å². The maximum Gasteiger partial charge on any atom is 0.223 e. The fraction of sp³-hybridized carbons (Fsp3) is 0.364. The summed E-state index contributed by atoms with van der Waals surface area (Å²) in [5.41, 5.74) is 6.23. The van der Waals surface area contributed by atoms with Gasteiger partial charge in [-0.3, -0.25) is 0 Å². The fourth-order valence-electron chi connectivity index (χ4n) is 5.96. The Bertz CT molecular complexity index is 1690. The molecule has 184 valence electrons. The minimum atomic E-state index is 0.194. The van der Waals surface area contributed by atoms with E-state index in [1.807, 2.05) is 11.3 Å². The Kier molecular flexibility index (Phi) is 5.38. The summed E-state index contributed by atoms with van der Waals surface area (Å²) in [4.78, 5) is 4.52. The van der Waals surface area contributed by atoms with Crippen molar-refractivity contribution in [2.24, 2.45) is 17.9 Å². The lowest BCUT2D eigenvalue weighted by Crippen LogP contribution is -2.31. The van der Waals surface area contributed by atoms with Crippen molar-refractivity contribution in [3.05, 3.63) is 64.7 Å². The van der Waals surface area contributed by atoms with Crippen LogP contribution in [0.1, 0.15) is 57.5 Å². The molecule has 1 aliphatic rings. The molecule has 5 aromatic rings. The minimum absolute atomic E-state index is 0.194. The molecule has 2 aromatic heterocycles. The molecule has 0 radical (unpaired) electrons. The number of hydrogen-bond acceptors (Lipinski definition) is 2. The monoisotopic (exact) mass is 510 g/mol. The summed E-state index contributed by atoms with van der Waals surface area (Å²) in [6, 6.07) is 16.0. The van der Waals surface area contributed by atoms with Gasteiger partial charge >= 0.3 is 0 Å². The molecule has 3 heterocycles. The Morgan fingerprint density at radius 2 is 1.50 bits per heavy atom. The largest absolute Gasteiger partial charge is 0.223 e. The standard InChI is InChI=1S/C33H36NS2/c1-19-26-21-12-10-9-11-20(21)13-14-22(26)23(17-32(2,3)4)30-27(19)29-28-24(15-16-34(29)8)35-25(31(28)36-30)18-33(5,6)7/h9-16H,17-18H2,1-8H3/q+1.